The first-order valence-electron chi connectivity index (χ1n) is 6.87. The van der Waals surface area contributed by atoms with Gasteiger partial charge in [0, 0.05) is 15.6 Å². The Morgan fingerprint density at radius 3 is 2.19 bits per heavy atom. The quantitative estimate of drug-likeness (QED) is 0.568. The standard InChI is InChI=1S/C19H15BrO/c1-12-7-9-18(17-6-4-3-5-15(12)17)19(21)16-10-8-14(20)11-13(16)2/h3-11H,1-2H3. The van der Waals surface area contributed by atoms with Gasteiger partial charge in [-0.2, -0.15) is 0 Å². The Balaban J connectivity index is 2.21. The van der Waals surface area contributed by atoms with Gasteiger partial charge in [-0.1, -0.05) is 52.3 Å². The third-order valence-corrected chi connectivity index (χ3v) is 4.31. The molecule has 0 saturated heterocycles. The molecule has 2 heteroatoms. The second-order valence-electron chi connectivity index (χ2n) is 5.26. The highest BCUT2D eigenvalue weighted by molar-refractivity contribution is 9.10. The normalized spacial score (nSPS) is 10.8. The van der Waals surface area contributed by atoms with Crippen molar-refractivity contribution >= 4 is 32.5 Å². The van der Waals surface area contributed by atoms with Crippen LogP contribution >= 0.6 is 15.9 Å². The lowest BCUT2D eigenvalue weighted by Crippen LogP contribution is -2.04. The smallest absolute Gasteiger partial charge is 0.193 e. The highest BCUT2D eigenvalue weighted by Crippen LogP contribution is 2.26. The molecular formula is C19H15BrO. The fourth-order valence-corrected chi connectivity index (χ4v) is 3.15. The monoisotopic (exact) mass is 338 g/mol. The van der Waals surface area contributed by atoms with E-state index in [0.717, 1.165) is 31.9 Å². The van der Waals surface area contributed by atoms with Crippen LogP contribution in [0.5, 0.6) is 0 Å². The van der Waals surface area contributed by atoms with Crippen LogP contribution in [0.4, 0.5) is 0 Å². The SMILES string of the molecule is Cc1cc(Br)ccc1C(=O)c1ccc(C)c2ccccc12. The van der Waals surface area contributed by atoms with Gasteiger partial charge in [-0.15, -0.1) is 0 Å². The maximum absolute atomic E-state index is 12.9. The fourth-order valence-electron chi connectivity index (χ4n) is 2.67. The van der Waals surface area contributed by atoms with Crippen LogP contribution in [0.25, 0.3) is 10.8 Å². The molecule has 0 aliphatic rings. The lowest BCUT2D eigenvalue weighted by molar-refractivity contribution is 0.103. The van der Waals surface area contributed by atoms with Crippen molar-refractivity contribution < 1.29 is 4.79 Å². The molecule has 0 atom stereocenters. The van der Waals surface area contributed by atoms with E-state index in [4.69, 9.17) is 0 Å². The molecule has 0 aromatic heterocycles. The molecule has 1 nitrogen and oxygen atoms in total. The topological polar surface area (TPSA) is 17.1 Å². The Labute approximate surface area is 132 Å². The number of hydrogen-bond acceptors (Lipinski definition) is 1. The van der Waals surface area contributed by atoms with Crippen LogP contribution in [0.15, 0.2) is 59.1 Å². The Morgan fingerprint density at radius 1 is 0.810 bits per heavy atom. The number of rotatable bonds is 2. The summed E-state index contributed by atoms with van der Waals surface area (Å²) in [6, 6.07) is 17.8. The minimum Gasteiger partial charge on any atom is -0.289 e. The largest absolute Gasteiger partial charge is 0.289 e. The van der Waals surface area contributed by atoms with Gasteiger partial charge in [-0.05, 0) is 53.9 Å². The summed E-state index contributed by atoms with van der Waals surface area (Å²) in [6.07, 6.45) is 0. The molecule has 0 saturated carbocycles. The molecule has 0 amide bonds. The maximum Gasteiger partial charge on any atom is 0.193 e. The Kier molecular flexibility index (Phi) is 3.64. The molecule has 104 valence electrons. The second-order valence-corrected chi connectivity index (χ2v) is 6.18. The van der Waals surface area contributed by atoms with Crippen LogP contribution in [0.3, 0.4) is 0 Å². The van der Waals surface area contributed by atoms with Crippen LogP contribution in [0.1, 0.15) is 27.0 Å². The van der Waals surface area contributed by atoms with Gasteiger partial charge >= 0.3 is 0 Å². The summed E-state index contributed by atoms with van der Waals surface area (Å²) in [4.78, 5) is 12.9. The highest BCUT2D eigenvalue weighted by atomic mass is 79.9. The van der Waals surface area contributed by atoms with E-state index in [1.807, 2.05) is 55.5 Å². The van der Waals surface area contributed by atoms with E-state index < -0.39 is 0 Å². The molecule has 0 radical (unpaired) electrons. The van der Waals surface area contributed by atoms with Crippen molar-refractivity contribution in [2.75, 3.05) is 0 Å². The zero-order valence-electron chi connectivity index (χ0n) is 12.0. The molecule has 3 aromatic rings. The van der Waals surface area contributed by atoms with E-state index in [9.17, 15) is 4.79 Å². The highest BCUT2D eigenvalue weighted by Gasteiger charge is 2.15. The number of fused-ring (bicyclic) bond motifs is 1. The first kappa shape index (κ1) is 14.0. The van der Waals surface area contributed by atoms with E-state index in [2.05, 4.69) is 28.9 Å². The summed E-state index contributed by atoms with van der Waals surface area (Å²) in [5.41, 5.74) is 3.70. The van der Waals surface area contributed by atoms with Crippen molar-refractivity contribution in [3.63, 3.8) is 0 Å². The van der Waals surface area contributed by atoms with Crippen molar-refractivity contribution in [3.05, 3.63) is 81.3 Å². The third kappa shape index (κ3) is 2.52. The lowest BCUT2D eigenvalue weighted by Gasteiger charge is -2.10. The minimum atomic E-state index is 0.0798. The summed E-state index contributed by atoms with van der Waals surface area (Å²) in [5.74, 6) is 0.0798. The van der Waals surface area contributed by atoms with Crippen molar-refractivity contribution in [1.82, 2.24) is 0 Å². The molecule has 0 bridgehead atoms. The van der Waals surface area contributed by atoms with Crippen molar-refractivity contribution in [3.8, 4) is 0 Å². The summed E-state index contributed by atoms with van der Waals surface area (Å²) >= 11 is 3.44. The molecular weight excluding hydrogens is 324 g/mol. The minimum absolute atomic E-state index is 0.0798. The van der Waals surface area contributed by atoms with Crippen LogP contribution in [-0.2, 0) is 0 Å². The molecule has 0 heterocycles. The van der Waals surface area contributed by atoms with Crippen LogP contribution < -0.4 is 0 Å². The number of aryl methyl sites for hydroxylation is 2. The van der Waals surface area contributed by atoms with Gasteiger partial charge in [-0.3, -0.25) is 4.79 Å². The van der Waals surface area contributed by atoms with Gasteiger partial charge in [0.05, 0.1) is 0 Å². The van der Waals surface area contributed by atoms with Crippen molar-refractivity contribution in [1.29, 1.82) is 0 Å². The lowest BCUT2D eigenvalue weighted by atomic mass is 9.93. The molecule has 0 N–H and O–H groups in total. The summed E-state index contributed by atoms with van der Waals surface area (Å²) in [6.45, 7) is 4.04. The number of carbonyl (C=O) groups is 1. The molecule has 0 spiro atoms. The van der Waals surface area contributed by atoms with Gasteiger partial charge in [0.2, 0.25) is 0 Å². The van der Waals surface area contributed by atoms with Crippen molar-refractivity contribution in [2.24, 2.45) is 0 Å². The number of carbonyl (C=O) groups excluding carboxylic acids is 1. The fraction of sp³-hybridized carbons (Fsp3) is 0.105. The number of ketones is 1. The van der Waals surface area contributed by atoms with Crippen molar-refractivity contribution in [2.45, 2.75) is 13.8 Å². The van der Waals surface area contributed by atoms with Gasteiger partial charge in [0.1, 0.15) is 0 Å². The number of hydrogen-bond donors (Lipinski definition) is 0. The van der Waals surface area contributed by atoms with Crippen LogP contribution in [-0.4, -0.2) is 5.78 Å². The molecule has 0 unspecified atom stereocenters. The molecule has 0 fully saturated rings. The van der Waals surface area contributed by atoms with E-state index in [1.165, 1.54) is 5.56 Å². The van der Waals surface area contributed by atoms with E-state index in [0.29, 0.717) is 0 Å². The number of halogens is 1. The first-order chi connectivity index (χ1) is 10.1. The average Bonchev–Trinajstić information content (AvgIpc) is 2.47. The molecule has 0 aliphatic heterocycles. The Morgan fingerprint density at radius 2 is 1.48 bits per heavy atom. The van der Waals surface area contributed by atoms with Gasteiger partial charge in [-0.25, -0.2) is 0 Å². The summed E-state index contributed by atoms with van der Waals surface area (Å²) in [5, 5.41) is 2.16. The van der Waals surface area contributed by atoms with Gasteiger partial charge in [0.15, 0.2) is 5.78 Å². The van der Waals surface area contributed by atoms with E-state index in [-0.39, 0.29) is 5.78 Å². The van der Waals surface area contributed by atoms with Gasteiger partial charge in [0.25, 0.3) is 0 Å². The third-order valence-electron chi connectivity index (χ3n) is 3.82. The average molecular weight is 339 g/mol. The molecule has 0 aliphatic carbocycles. The molecule has 21 heavy (non-hydrogen) atoms. The van der Waals surface area contributed by atoms with E-state index >= 15 is 0 Å². The maximum atomic E-state index is 12.9. The first-order valence-corrected chi connectivity index (χ1v) is 7.66. The molecule has 3 aromatic carbocycles. The Hall–Kier alpha value is -1.93. The summed E-state index contributed by atoms with van der Waals surface area (Å²) in [7, 11) is 0. The van der Waals surface area contributed by atoms with E-state index in [1.54, 1.807) is 0 Å². The zero-order chi connectivity index (χ0) is 15.0. The Bertz CT molecular complexity index is 849. The summed E-state index contributed by atoms with van der Waals surface area (Å²) < 4.78 is 0.991. The second kappa shape index (κ2) is 5.45. The molecule has 3 rings (SSSR count). The number of benzene rings is 3. The predicted molar refractivity (Wildman–Crippen MR) is 91.0 cm³/mol. The predicted octanol–water partition coefficient (Wildman–Crippen LogP) is 5.45. The van der Waals surface area contributed by atoms with Gasteiger partial charge < -0.3 is 0 Å². The zero-order valence-corrected chi connectivity index (χ0v) is 13.6. The van der Waals surface area contributed by atoms with Crippen LogP contribution in [0, 0.1) is 13.8 Å². The van der Waals surface area contributed by atoms with Crippen LogP contribution in [0.2, 0.25) is 0 Å².